The van der Waals surface area contributed by atoms with Gasteiger partial charge in [-0.1, -0.05) is 41.7 Å². The van der Waals surface area contributed by atoms with Crippen LogP contribution in [-0.4, -0.2) is 44.9 Å². The van der Waals surface area contributed by atoms with E-state index >= 15 is 0 Å². The van der Waals surface area contributed by atoms with E-state index in [9.17, 15) is 9.59 Å². The fourth-order valence-electron chi connectivity index (χ4n) is 4.27. The highest BCUT2D eigenvalue weighted by atomic mass is 32.1. The molecule has 0 bridgehead atoms. The standard InChI is InChI=1S/C23H28N4O3S/c1-16-15-31-23(29)25(16)10-9-21(28)26-11-12-30-14-20(26)22-17(2)24-27(18(22)3)13-19-7-5-4-6-8-19/h4-8,15,20H,9-14H2,1-3H3. The van der Waals surface area contributed by atoms with Crippen molar-refractivity contribution in [1.82, 2.24) is 19.2 Å². The van der Waals surface area contributed by atoms with Crippen molar-refractivity contribution in [3.8, 4) is 0 Å². The van der Waals surface area contributed by atoms with Crippen LogP contribution in [0.5, 0.6) is 0 Å². The highest BCUT2D eigenvalue weighted by Crippen LogP contribution is 2.30. The van der Waals surface area contributed by atoms with Gasteiger partial charge in [0, 0.05) is 41.8 Å². The van der Waals surface area contributed by atoms with Crippen molar-refractivity contribution in [3.63, 3.8) is 0 Å². The first kappa shape index (κ1) is 21.5. The number of carbonyl (C=O) groups is 1. The van der Waals surface area contributed by atoms with Crippen molar-refractivity contribution in [3.05, 3.63) is 73.6 Å². The van der Waals surface area contributed by atoms with Gasteiger partial charge in [0.25, 0.3) is 0 Å². The molecule has 1 atom stereocenters. The number of hydrogen-bond acceptors (Lipinski definition) is 5. The van der Waals surface area contributed by atoms with Crippen molar-refractivity contribution in [1.29, 1.82) is 0 Å². The Hall–Kier alpha value is -2.71. The highest BCUT2D eigenvalue weighted by molar-refractivity contribution is 7.07. The molecule has 2 aromatic heterocycles. The van der Waals surface area contributed by atoms with Crippen LogP contribution in [0.3, 0.4) is 0 Å². The number of carbonyl (C=O) groups excluding carboxylic acids is 1. The Balaban J connectivity index is 1.54. The summed E-state index contributed by atoms with van der Waals surface area (Å²) in [5.74, 6) is 0.0420. The maximum absolute atomic E-state index is 13.2. The minimum Gasteiger partial charge on any atom is -0.377 e. The molecule has 0 saturated carbocycles. The number of aromatic nitrogens is 3. The average molecular weight is 441 g/mol. The van der Waals surface area contributed by atoms with Gasteiger partial charge in [-0.3, -0.25) is 14.3 Å². The molecule has 1 aromatic carbocycles. The molecule has 31 heavy (non-hydrogen) atoms. The molecule has 8 heteroatoms. The summed E-state index contributed by atoms with van der Waals surface area (Å²) in [5, 5.41) is 6.59. The minimum atomic E-state index is -0.161. The van der Waals surface area contributed by atoms with E-state index in [1.54, 1.807) is 4.57 Å². The van der Waals surface area contributed by atoms with Gasteiger partial charge in [0.2, 0.25) is 5.91 Å². The molecule has 3 heterocycles. The average Bonchev–Trinajstić information content (AvgIpc) is 3.24. The molecular weight excluding hydrogens is 412 g/mol. The molecule has 1 unspecified atom stereocenters. The summed E-state index contributed by atoms with van der Waals surface area (Å²) in [4.78, 5) is 27.0. The lowest BCUT2D eigenvalue weighted by Gasteiger charge is -2.36. The first-order valence-electron chi connectivity index (χ1n) is 10.6. The summed E-state index contributed by atoms with van der Waals surface area (Å²) in [6, 6.07) is 10.1. The van der Waals surface area contributed by atoms with E-state index in [0.29, 0.717) is 39.3 Å². The number of rotatable bonds is 6. The second-order valence-electron chi connectivity index (χ2n) is 7.95. The van der Waals surface area contributed by atoms with Crippen LogP contribution in [0.25, 0.3) is 0 Å². The monoisotopic (exact) mass is 440 g/mol. The van der Waals surface area contributed by atoms with Crippen molar-refractivity contribution >= 4 is 17.2 Å². The fourth-order valence-corrected chi connectivity index (χ4v) is 5.03. The Morgan fingerprint density at radius 1 is 1.23 bits per heavy atom. The van der Waals surface area contributed by atoms with Gasteiger partial charge in [-0.25, -0.2) is 0 Å². The molecule has 0 aliphatic carbocycles. The van der Waals surface area contributed by atoms with Crippen molar-refractivity contribution < 1.29 is 9.53 Å². The first-order chi connectivity index (χ1) is 15.0. The molecule has 4 rings (SSSR count). The third-order valence-electron chi connectivity index (χ3n) is 5.92. The zero-order valence-corrected chi connectivity index (χ0v) is 19.0. The van der Waals surface area contributed by atoms with Gasteiger partial charge in [0.15, 0.2) is 0 Å². The zero-order valence-electron chi connectivity index (χ0n) is 18.2. The summed E-state index contributed by atoms with van der Waals surface area (Å²) in [6.45, 7) is 8.58. The number of thiazole rings is 1. The molecular formula is C23H28N4O3S. The Kier molecular flexibility index (Phi) is 6.38. The minimum absolute atomic E-state index is 0.0160. The SMILES string of the molecule is Cc1nn(Cc2ccccc2)c(C)c1C1COCCN1C(=O)CCn1c(C)csc1=O. The third kappa shape index (κ3) is 4.50. The molecule has 1 aliphatic heterocycles. The van der Waals surface area contributed by atoms with Crippen molar-refractivity contribution in [2.75, 3.05) is 19.8 Å². The van der Waals surface area contributed by atoms with Crippen LogP contribution in [-0.2, 0) is 22.6 Å². The number of nitrogens with zero attached hydrogens (tertiary/aromatic N) is 4. The zero-order chi connectivity index (χ0) is 22.0. The van der Waals surface area contributed by atoms with E-state index in [1.807, 2.05) is 47.0 Å². The summed E-state index contributed by atoms with van der Waals surface area (Å²) in [6.07, 6.45) is 0.296. The van der Waals surface area contributed by atoms with Crippen LogP contribution in [0.1, 0.15) is 40.7 Å². The molecule has 164 valence electrons. The number of amides is 1. The fraction of sp³-hybridized carbons (Fsp3) is 0.435. The number of morpholine rings is 1. The maximum atomic E-state index is 13.2. The van der Waals surface area contributed by atoms with Gasteiger partial charge in [0.1, 0.15) is 0 Å². The lowest BCUT2D eigenvalue weighted by Crippen LogP contribution is -2.44. The van der Waals surface area contributed by atoms with E-state index in [2.05, 4.69) is 19.1 Å². The number of hydrogen-bond donors (Lipinski definition) is 0. The lowest BCUT2D eigenvalue weighted by molar-refractivity contribution is -0.140. The van der Waals surface area contributed by atoms with E-state index in [1.165, 1.54) is 16.9 Å². The number of benzene rings is 1. The molecule has 3 aromatic rings. The Morgan fingerprint density at radius 3 is 2.71 bits per heavy atom. The predicted octanol–water partition coefficient (Wildman–Crippen LogP) is 3.07. The van der Waals surface area contributed by atoms with Gasteiger partial charge in [-0.05, 0) is 26.3 Å². The smallest absolute Gasteiger partial charge is 0.307 e. The van der Waals surface area contributed by atoms with Gasteiger partial charge in [-0.15, -0.1) is 0 Å². The molecule has 0 radical (unpaired) electrons. The van der Waals surface area contributed by atoms with Gasteiger partial charge >= 0.3 is 4.87 Å². The summed E-state index contributed by atoms with van der Waals surface area (Å²) >= 11 is 1.17. The summed E-state index contributed by atoms with van der Waals surface area (Å²) in [5.41, 5.74) is 5.12. The normalized spacial score (nSPS) is 16.6. The quantitative estimate of drug-likeness (QED) is 0.591. The van der Waals surface area contributed by atoms with Crippen LogP contribution in [0.15, 0.2) is 40.5 Å². The second kappa shape index (κ2) is 9.20. The van der Waals surface area contributed by atoms with Crippen LogP contribution in [0.2, 0.25) is 0 Å². The molecule has 7 nitrogen and oxygen atoms in total. The Morgan fingerprint density at radius 2 is 2.00 bits per heavy atom. The lowest BCUT2D eigenvalue weighted by atomic mass is 10.0. The Labute approximate surface area is 185 Å². The maximum Gasteiger partial charge on any atom is 0.307 e. The first-order valence-corrected chi connectivity index (χ1v) is 11.4. The van der Waals surface area contributed by atoms with Gasteiger partial charge in [0.05, 0.1) is 31.5 Å². The third-order valence-corrected chi connectivity index (χ3v) is 6.80. The number of ether oxygens (including phenoxy) is 1. The van der Waals surface area contributed by atoms with Gasteiger partial charge in [-0.2, -0.15) is 5.10 Å². The number of aryl methyl sites for hydroxylation is 2. The molecule has 0 N–H and O–H groups in total. The summed E-state index contributed by atoms with van der Waals surface area (Å²) in [7, 11) is 0. The van der Waals surface area contributed by atoms with E-state index in [-0.39, 0.29) is 16.8 Å². The predicted molar refractivity (Wildman–Crippen MR) is 120 cm³/mol. The summed E-state index contributed by atoms with van der Waals surface area (Å²) < 4.78 is 9.44. The van der Waals surface area contributed by atoms with E-state index in [4.69, 9.17) is 9.84 Å². The second-order valence-corrected chi connectivity index (χ2v) is 8.77. The molecule has 1 saturated heterocycles. The van der Waals surface area contributed by atoms with Crippen LogP contribution in [0.4, 0.5) is 0 Å². The van der Waals surface area contributed by atoms with Crippen LogP contribution >= 0.6 is 11.3 Å². The van der Waals surface area contributed by atoms with E-state index in [0.717, 1.165) is 22.6 Å². The molecule has 1 fully saturated rings. The van der Waals surface area contributed by atoms with Crippen molar-refractivity contribution in [2.45, 2.75) is 46.3 Å². The molecule has 1 amide bonds. The van der Waals surface area contributed by atoms with Crippen LogP contribution in [0, 0.1) is 20.8 Å². The van der Waals surface area contributed by atoms with E-state index < -0.39 is 0 Å². The largest absolute Gasteiger partial charge is 0.377 e. The van der Waals surface area contributed by atoms with Crippen molar-refractivity contribution in [2.24, 2.45) is 0 Å². The highest BCUT2D eigenvalue weighted by Gasteiger charge is 2.32. The van der Waals surface area contributed by atoms with Crippen LogP contribution < -0.4 is 4.87 Å². The molecule has 0 spiro atoms. The topological polar surface area (TPSA) is 69.4 Å². The Bertz CT molecular complexity index is 1120. The van der Waals surface area contributed by atoms with Gasteiger partial charge < -0.3 is 14.2 Å². The molecule has 1 aliphatic rings.